The van der Waals surface area contributed by atoms with Gasteiger partial charge in [-0.25, -0.2) is 0 Å². The maximum Gasteiger partial charge on any atom is 0.416 e. The van der Waals surface area contributed by atoms with E-state index in [0.717, 1.165) is 22.6 Å². The monoisotopic (exact) mass is 390 g/mol. The van der Waals surface area contributed by atoms with Crippen LogP contribution in [0, 0.1) is 0 Å². The molecule has 3 nitrogen and oxygen atoms in total. The van der Waals surface area contributed by atoms with Gasteiger partial charge in [0.15, 0.2) is 0 Å². The highest BCUT2D eigenvalue weighted by Crippen LogP contribution is 2.30. The van der Waals surface area contributed by atoms with E-state index < -0.39 is 11.7 Å². The van der Waals surface area contributed by atoms with Gasteiger partial charge in [0.05, 0.1) is 18.2 Å². The first-order valence-corrected chi connectivity index (χ1v) is 9.10. The minimum Gasteiger partial charge on any atom is -0.376 e. The van der Waals surface area contributed by atoms with Gasteiger partial charge in [-0.05, 0) is 35.2 Å². The summed E-state index contributed by atoms with van der Waals surface area (Å²) in [5.41, 5.74) is 0.424. The lowest BCUT2D eigenvalue weighted by atomic mass is 10.1. The molecule has 1 aromatic heterocycles. The summed E-state index contributed by atoms with van der Waals surface area (Å²) < 4.78 is 38.3. The highest BCUT2D eigenvalue weighted by atomic mass is 32.1. The number of rotatable bonds is 6. The van der Waals surface area contributed by atoms with Crippen LogP contribution in [0.15, 0.2) is 72.1 Å². The summed E-state index contributed by atoms with van der Waals surface area (Å²) in [4.78, 5) is 13.4. The fourth-order valence-corrected chi connectivity index (χ4v) is 3.42. The summed E-state index contributed by atoms with van der Waals surface area (Å²) >= 11 is 1.53. The summed E-state index contributed by atoms with van der Waals surface area (Å²) in [6, 6.07) is 17.8. The van der Waals surface area contributed by atoms with E-state index in [4.69, 9.17) is 0 Å². The van der Waals surface area contributed by atoms with E-state index in [1.807, 2.05) is 47.8 Å². The van der Waals surface area contributed by atoms with Crippen LogP contribution in [0.3, 0.4) is 0 Å². The van der Waals surface area contributed by atoms with Crippen LogP contribution in [0.5, 0.6) is 0 Å². The molecule has 1 atom stereocenters. The van der Waals surface area contributed by atoms with Crippen molar-refractivity contribution >= 4 is 22.9 Å². The van der Waals surface area contributed by atoms with Crippen LogP contribution in [0.4, 0.5) is 18.9 Å². The Labute approximate surface area is 158 Å². The van der Waals surface area contributed by atoms with E-state index in [0.29, 0.717) is 0 Å². The SMILES string of the molecule is O=C(CNc1cccc(C(F)(F)F)c1)N[C@@H](c1ccccc1)c1cccs1. The minimum absolute atomic E-state index is 0.129. The molecule has 0 saturated heterocycles. The van der Waals surface area contributed by atoms with Crippen LogP contribution in [-0.2, 0) is 11.0 Å². The Kier molecular flexibility index (Phi) is 5.81. The minimum atomic E-state index is -4.42. The molecule has 0 unspecified atom stereocenters. The summed E-state index contributed by atoms with van der Waals surface area (Å²) in [6.07, 6.45) is -4.42. The van der Waals surface area contributed by atoms with E-state index in [2.05, 4.69) is 10.6 Å². The number of anilines is 1. The average Bonchev–Trinajstić information content (AvgIpc) is 3.19. The molecule has 7 heteroatoms. The van der Waals surface area contributed by atoms with Crippen molar-refractivity contribution in [3.8, 4) is 0 Å². The Morgan fingerprint density at radius 2 is 1.78 bits per heavy atom. The van der Waals surface area contributed by atoms with Crippen LogP contribution >= 0.6 is 11.3 Å². The van der Waals surface area contributed by atoms with Gasteiger partial charge in [-0.1, -0.05) is 42.5 Å². The van der Waals surface area contributed by atoms with Crippen LogP contribution < -0.4 is 10.6 Å². The zero-order chi connectivity index (χ0) is 19.3. The van der Waals surface area contributed by atoms with Gasteiger partial charge in [-0.2, -0.15) is 13.2 Å². The zero-order valence-corrected chi connectivity index (χ0v) is 15.0. The number of thiophene rings is 1. The topological polar surface area (TPSA) is 41.1 Å². The maximum atomic E-state index is 12.8. The summed E-state index contributed by atoms with van der Waals surface area (Å²) in [6.45, 7) is -0.129. The first kappa shape index (κ1) is 19.0. The first-order chi connectivity index (χ1) is 12.9. The van der Waals surface area contributed by atoms with Crippen molar-refractivity contribution in [3.63, 3.8) is 0 Å². The Balaban J connectivity index is 1.67. The van der Waals surface area contributed by atoms with Gasteiger partial charge < -0.3 is 10.6 Å². The van der Waals surface area contributed by atoms with Crippen molar-refractivity contribution in [1.29, 1.82) is 0 Å². The molecule has 0 radical (unpaired) electrons. The van der Waals surface area contributed by atoms with E-state index in [1.54, 1.807) is 0 Å². The molecule has 3 aromatic rings. The van der Waals surface area contributed by atoms with Gasteiger partial charge >= 0.3 is 6.18 Å². The molecule has 0 bridgehead atoms. The Morgan fingerprint density at radius 3 is 2.44 bits per heavy atom. The second-order valence-electron chi connectivity index (χ2n) is 5.86. The lowest BCUT2D eigenvalue weighted by Crippen LogP contribution is -2.33. The number of carbonyl (C=O) groups excluding carboxylic acids is 1. The van der Waals surface area contributed by atoms with Crippen molar-refractivity contribution in [2.45, 2.75) is 12.2 Å². The Morgan fingerprint density at radius 1 is 1.00 bits per heavy atom. The molecule has 0 saturated carbocycles. The number of hydrogen-bond donors (Lipinski definition) is 2. The number of hydrogen-bond acceptors (Lipinski definition) is 3. The van der Waals surface area contributed by atoms with Gasteiger partial charge in [-0.3, -0.25) is 4.79 Å². The number of nitrogens with one attached hydrogen (secondary N) is 2. The molecule has 2 N–H and O–H groups in total. The summed E-state index contributed by atoms with van der Waals surface area (Å²) in [5, 5.41) is 7.62. The number of carbonyl (C=O) groups is 1. The standard InChI is InChI=1S/C20H17F3N2OS/c21-20(22,23)15-8-4-9-16(12-15)24-13-18(26)25-19(17-10-5-11-27-17)14-6-2-1-3-7-14/h1-12,19,24H,13H2,(H,25,26)/t19-/m0/s1. The summed E-state index contributed by atoms with van der Waals surface area (Å²) in [5.74, 6) is -0.310. The smallest absolute Gasteiger partial charge is 0.376 e. The number of benzene rings is 2. The van der Waals surface area contributed by atoms with Gasteiger partial charge in [0.1, 0.15) is 0 Å². The van der Waals surface area contributed by atoms with Crippen molar-refractivity contribution < 1.29 is 18.0 Å². The van der Waals surface area contributed by atoms with Crippen LogP contribution in [0.1, 0.15) is 22.0 Å². The largest absolute Gasteiger partial charge is 0.416 e. The lowest BCUT2D eigenvalue weighted by molar-refractivity contribution is -0.137. The third-order valence-electron chi connectivity index (χ3n) is 3.91. The second kappa shape index (κ2) is 8.26. The fourth-order valence-electron chi connectivity index (χ4n) is 2.62. The number of amides is 1. The molecule has 1 amide bonds. The van der Waals surface area contributed by atoms with Crippen molar-refractivity contribution in [1.82, 2.24) is 5.32 Å². The zero-order valence-electron chi connectivity index (χ0n) is 14.2. The van der Waals surface area contributed by atoms with E-state index in [9.17, 15) is 18.0 Å². The molecule has 27 heavy (non-hydrogen) atoms. The Hall–Kier alpha value is -2.80. The molecular weight excluding hydrogens is 373 g/mol. The summed E-state index contributed by atoms with van der Waals surface area (Å²) in [7, 11) is 0. The van der Waals surface area contributed by atoms with E-state index in [1.165, 1.54) is 23.5 Å². The molecule has 0 fully saturated rings. The van der Waals surface area contributed by atoms with Crippen molar-refractivity contribution in [2.24, 2.45) is 0 Å². The molecule has 140 valence electrons. The normalized spacial score (nSPS) is 12.4. The van der Waals surface area contributed by atoms with Gasteiger partial charge in [0.25, 0.3) is 0 Å². The van der Waals surface area contributed by atoms with Crippen molar-refractivity contribution in [2.75, 3.05) is 11.9 Å². The molecule has 2 aromatic carbocycles. The predicted octanol–water partition coefficient (Wildman–Crippen LogP) is 5.08. The fraction of sp³-hybridized carbons (Fsp3) is 0.150. The van der Waals surface area contributed by atoms with Crippen LogP contribution in [-0.4, -0.2) is 12.5 Å². The third-order valence-corrected chi connectivity index (χ3v) is 4.85. The molecule has 0 spiro atoms. The molecule has 0 aliphatic rings. The quantitative estimate of drug-likeness (QED) is 0.616. The van der Waals surface area contributed by atoms with Crippen molar-refractivity contribution in [3.05, 3.63) is 88.1 Å². The van der Waals surface area contributed by atoms with E-state index >= 15 is 0 Å². The highest BCUT2D eigenvalue weighted by Gasteiger charge is 2.30. The number of alkyl halides is 3. The highest BCUT2D eigenvalue weighted by molar-refractivity contribution is 7.10. The second-order valence-corrected chi connectivity index (χ2v) is 6.84. The molecule has 1 heterocycles. The van der Waals surface area contributed by atoms with Gasteiger partial charge in [-0.15, -0.1) is 11.3 Å². The predicted molar refractivity (Wildman–Crippen MR) is 101 cm³/mol. The van der Waals surface area contributed by atoms with Gasteiger partial charge in [0, 0.05) is 10.6 Å². The molecule has 3 rings (SSSR count). The first-order valence-electron chi connectivity index (χ1n) is 8.22. The maximum absolute atomic E-state index is 12.8. The molecule has 0 aliphatic heterocycles. The lowest BCUT2D eigenvalue weighted by Gasteiger charge is -2.18. The van der Waals surface area contributed by atoms with Crippen LogP contribution in [0.25, 0.3) is 0 Å². The average molecular weight is 390 g/mol. The Bertz CT molecular complexity index is 880. The van der Waals surface area contributed by atoms with E-state index in [-0.39, 0.29) is 24.2 Å². The molecule has 0 aliphatic carbocycles. The van der Waals surface area contributed by atoms with Crippen LogP contribution in [0.2, 0.25) is 0 Å². The third kappa shape index (κ3) is 5.10. The van der Waals surface area contributed by atoms with Gasteiger partial charge in [0.2, 0.25) is 5.91 Å². The number of halogens is 3. The molecular formula is C20H17F3N2OS.